The van der Waals surface area contributed by atoms with Crippen LogP contribution >= 0.6 is 34.8 Å². The molecule has 0 aliphatic carbocycles. The summed E-state index contributed by atoms with van der Waals surface area (Å²) >= 11 is 14.8. The molecule has 1 amide bonds. The molecule has 0 aromatic rings. The first-order valence-electron chi connectivity index (χ1n) is 1.57. The second-order valence-electron chi connectivity index (χ2n) is 0.862. The van der Waals surface area contributed by atoms with Gasteiger partial charge in [-0.05, 0) is 0 Å². The van der Waals surface area contributed by atoms with Gasteiger partial charge in [0.1, 0.15) is 0 Å². The van der Waals surface area contributed by atoms with Crippen molar-refractivity contribution in [2.75, 3.05) is 0 Å². The van der Waals surface area contributed by atoms with Crippen molar-refractivity contribution in [2.45, 2.75) is 3.79 Å². The van der Waals surface area contributed by atoms with Gasteiger partial charge in [-0.3, -0.25) is 4.79 Å². The number of rotatable bonds is 0. The molecular weight excluding hydrogens is 190 g/mol. The van der Waals surface area contributed by atoms with Crippen LogP contribution in [0.15, 0.2) is 0 Å². The maximum Gasteiger partial charge on any atom is 0.269 e. The van der Waals surface area contributed by atoms with Gasteiger partial charge in [0, 0.05) is 0 Å². The van der Waals surface area contributed by atoms with Crippen LogP contribution in [0.5, 0.6) is 0 Å². The van der Waals surface area contributed by atoms with E-state index in [2.05, 4.69) is 11.6 Å². The van der Waals surface area contributed by atoms with E-state index in [1.54, 1.807) is 0 Å². The van der Waals surface area contributed by atoms with Crippen molar-refractivity contribution in [2.24, 2.45) is 11.6 Å². The number of carbonyl (C=O) groups excluding carboxylic acids is 1. The number of nitrogens with two attached hydrogens (primary N) is 2. The van der Waals surface area contributed by atoms with Gasteiger partial charge in [0.05, 0.1) is 0 Å². The third kappa shape index (κ3) is 8.26. The molecule has 0 rings (SSSR count). The van der Waals surface area contributed by atoms with E-state index in [-0.39, 0.29) is 0 Å². The van der Waals surface area contributed by atoms with Crippen LogP contribution in [0.2, 0.25) is 0 Å². The van der Waals surface area contributed by atoms with Gasteiger partial charge >= 0.3 is 0 Å². The van der Waals surface area contributed by atoms with E-state index in [0.717, 1.165) is 0 Å². The number of amides is 1. The third-order valence-corrected chi connectivity index (χ3v) is 0.838. The molecule has 0 aromatic carbocycles. The van der Waals surface area contributed by atoms with E-state index in [1.807, 2.05) is 0 Å². The van der Waals surface area contributed by atoms with Gasteiger partial charge in [-0.15, -0.1) is 0 Å². The highest BCUT2D eigenvalue weighted by Crippen LogP contribution is 2.24. The summed E-state index contributed by atoms with van der Waals surface area (Å²) in [4.78, 5) is 9.85. The molecule has 5 N–H and O–H groups in total. The van der Waals surface area contributed by atoms with Gasteiger partial charge in [-0.2, -0.15) is 0 Å². The zero-order valence-corrected chi connectivity index (χ0v) is 6.41. The quantitative estimate of drug-likeness (QED) is 0.380. The molecule has 56 valence electrons. The molecule has 0 aromatic heterocycles. The second-order valence-corrected chi connectivity index (χ2v) is 3.14. The van der Waals surface area contributed by atoms with E-state index < -0.39 is 9.70 Å². The number of primary amides is 1. The van der Waals surface area contributed by atoms with Crippen molar-refractivity contribution in [3.63, 3.8) is 0 Å². The first-order valence-corrected chi connectivity index (χ1v) is 2.70. The van der Waals surface area contributed by atoms with Crippen molar-refractivity contribution in [3.05, 3.63) is 0 Å². The molecule has 0 atom stereocenters. The average Bonchev–Trinajstić information content (AvgIpc) is 1.69. The molecule has 0 aliphatic heterocycles. The zero-order chi connectivity index (χ0) is 8.08. The number of halogens is 3. The minimum atomic E-state index is -1.94. The molecule has 0 saturated heterocycles. The van der Waals surface area contributed by atoms with E-state index in [0.29, 0.717) is 0 Å². The third-order valence-electron chi connectivity index (χ3n) is 0.279. The number of hydrogen-bond donors (Lipinski definition) is 3. The average molecular weight is 195 g/mol. The SMILES string of the molecule is NC(=O)C(Cl)(Cl)Cl.NO. The minimum absolute atomic E-state index is 0.961. The fraction of sp³-hybridized carbons (Fsp3) is 0.500. The molecule has 0 bridgehead atoms. The molecule has 4 nitrogen and oxygen atoms in total. The highest BCUT2D eigenvalue weighted by atomic mass is 35.6. The fourth-order valence-electron chi connectivity index (χ4n) is 0. The molecule has 0 radical (unpaired) electrons. The Morgan fingerprint density at radius 2 is 1.44 bits per heavy atom. The van der Waals surface area contributed by atoms with Crippen LogP contribution < -0.4 is 11.6 Å². The lowest BCUT2D eigenvalue weighted by molar-refractivity contribution is -0.117. The number of alkyl halides is 3. The van der Waals surface area contributed by atoms with Crippen LogP contribution in [0.3, 0.4) is 0 Å². The fourth-order valence-corrected chi connectivity index (χ4v) is 0. The summed E-state index contributed by atoms with van der Waals surface area (Å²) in [7, 11) is 0. The largest absolute Gasteiger partial charge is 0.366 e. The topological polar surface area (TPSA) is 89.3 Å². The maximum absolute atomic E-state index is 9.85. The number of hydrogen-bond acceptors (Lipinski definition) is 3. The molecule has 0 unspecified atom stereocenters. The molecule has 7 heteroatoms. The van der Waals surface area contributed by atoms with Crippen LogP contribution in [0.1, 0.15) is 0 Å². The molecule has 0 spiro atoms. The lowest BCUT2D eigenvalue weighted by Crippen LogP contribution is -2.27. The van der Waals surface area contributed by atoms with Crippen molar-refractivity contribution in [1.29, 1.82) is 0 Å². The summed E-state index contributed by atoms with van der Waals surface area (Å²) in [6, 6.07) is 0. The summed E-state index contributed by atoms with van der Waals surface area (Å²) in [5, 5.41) is 6.50. The molecule has 9 heavy (non-hydrogen) atoms. The van der Waals surface area contributed by atoms with Crippen LogP contribution in [0.25, 0.3) is 0 Å². The van der Waals surface area contributed by atoms with Gasteiger partial charge in [-0.25, -0.2) is 5.90 Å². The Balaban J connectivity index is 0. The summed E-state index contributed by atoms with van der Waals surface area (Å²) in [5.41, 5.74) is 4.53. The maximum atomic E-state index is 9.85. The molecule has 0 saturated carbocycles. The lowest BCUT2D eigenvalue weighted by Gasteiger charge is -2.01. The van der Waals surface area contributed by atoms with E-state index in [4.69, 9.17) is 40.0 Å². The smallest absolute Gasteiger partial charge is 0.269 e. The zero-order valence-electron chi connectivity index (χ0n) is 4.14. The summed E-state index contributed by atoms with van der Waals surface area (Å²) in [5.74, 6) is 2.54. The van der Waals surface area contributed by atoms with Gasteiger partial charge in [0.25, 0.3) is 9.70 Å². The van der Waals surface area contributed by atoms with Crippen LogP contribution in [0, 0.1) is 0 Å². The van der Waals surface area contributed by atoms with Gasteiger partial charge < -0.3 is 10.9 Å². The van der Waals surface area contributed by atoms with E-state index in [1.165, 1.54) is 0 Å². The molecular formula is C2H5Cl3N2O2. The second kappa shape index (κ2) is 5.08. The summed E-state index contributed by atoms with van der Waals surface area (Å²) in [6.45, 7) is 0. The lowest BCUT2D eigenvalue weighted by atomic mass is 10.7. The Hall–Kier alpha value is 0.260. The summed E-state index contributed by atoms with van der Waals surface area (Å²) in [6.07, 6.45) is 0. The number of carbonyl (C=O) groups is 1. The highest BCUT2D eigenvalue weighted by Gasteiger charge is 2.26. The van der Waals surface area contributed by atoms with Gasteiger partial charge in [-0.1, -0.05) is 34.8 Å². The Morgan fingerprint density at radius 1 is 1.33 bits per heavy atom. The Kier molecular flexibility index (Phi) is 6.76. The monoisotopic (exact) mass is 194 g/mol. The predicted molar refractivity (Wildman–Crippen MR) is 35.5 cm³/mol. The first kappa shape index (κ1) is 12.0. The molecule has 0 heterocycles. The van der Waals surface area contributed by atoms with Crippen molar-refractivity contribution < 1.29 is 10.0 Å². The van der Waals surface area contributed by atoms with Crippen molar-refractivity contribution in [3.8, 4) is 0 Å². The van der Waals surface area contributed by atoms with Crippen LogP contribution in [0.4, 0.5) is 0 Å². The van der Waals surface area contributed by atoms with E-state index >= 15 is 0 Å². The van der Waals surface area contributed by atoms with Gasteiger partial charge in [0.15, 0.2) is 0 Å². The van der Waals surface area contributed by atoms with Crippen LogP contribution in [-0.4, -0.2) is 14.9 Å². The summed E-state index contributed by atoms with van der Waals surface area (Å²) < 4.78 is -1.94. The predicted octanol–water partition coefficient (Wildman–Crippen LogP) is 0.176. The van der Waals surface area contributed by atoms with Crippen molar-refractivity contribution in [1.82, 2.24) is 0 Å². The Bertz CT molecular complexity index is 90.3. The minimum Gasteiger partial charge on any atom is -0.366 e. The first-order chi connectivity index (χ1) is 3.94. The van der Waals surface area contributed by atoms with Crippen LogP contribution in [-0.2, 0) is 4.79 Å². The Labute approximate surface area is 66.6 Å². The Morgan fingerprint density at radius 3 is 1.44 bits per heavy atom. The standard InChI is InChI=1S/C2H2Cl3NO.H3NO/c3-2(4,5)1(6)7;1-2/h(H2,6,7);2H,1H2. The molecule has 0 aliphatic rings. The highest BCUT2D eigenvalue weighted by molar-refractivity contribution is 6.76. The van der Waals surface area contributed by atoms with Crippen molar-refractivity contribution >= 4 is 40.7 Å². The molecule has 0 fully saturated rings. The van der Waals surface area contributed by atoms with E-state index in [9.17, 15) is 4.79 Å². The van der Waals surface area contributed by atoms with Gasteiger partial charge in [0.2, 0.25) is 0 Å². The normalized spacial score (nSPS) is 9.44.